The molecule has 6 nitrogen and oxygen atoms in total. The molecule has 2 aliphatic heterocycles. The summed E-state index contributed by atoms with van der Waals surface area (Å²) in [5.41, 5.74) is 0.277. The van der Waals surface area contributed by atoms with Gasteiger partial charge in [-0.05, 0) is 50.9 Å². The van der Waals surface area contributed by atoms with E-state index in [2.05, 4.69) is 9.88 Å². The first kappa shape index (κ1) is 18.2. The summed E-state index contributed by atoms with van der Waals surface area (Å²) in [7, 11) is 1.60. The van der Waals surface area contributed by atoms with E-state index < -0.39 is 5.60 Å². The Labute approximate surface area is 159 Å². The van der Waals surface area contributed by atoms with Gasteiger partial charge in [0, 0.05) is 24.5 Å². The average Bonchev–Trinajstić information content (AvgIpc) is 3.18. The van der Waals surface area contributed by atoms with Crippen molar-refractivity contribution in [3.8, 4) is 5.75 Å². The lowest BCUT2D eigenvalue weighted by atomic mass is 9.92. The Kier molecular flexibility index (Phi) is 5.02. The van der Waals surface area contributed by atoms with E-state index in [1.807, 2.05) is 24.3 Å². The molecule has 0 unspecified atom stereocenters. The van der Waals surface area contributed by atoms with Crippen LogP contribution in [0.2, 0.25) is 0 Å². The molecule has 6 heteroatoms. The highest BCUT2D eigenvalue weighted by Gasteiger charge is 2.37. The van der Waals surface area contributed by atoms with Crippen LogP contribution in [0.4, 0.5) is 0 Å². The Morgan fingerprint density at radius 1 is 1.22 bits per heavy atom. The molecule has 1 amide bonds. The number of carbonyl (C=O) groups is 1. The molecule has 0 spiro atoms. The van der Waals surface area contributed by atoms with Crippen molar-refractivity contribution >= 4 is 16.8 Å². The van der Waals surface area contributed by atoms with Crippen LogP contribution in [-0.2, 0) is 0 Å². The van der Waals surface area contributed by atoms with Gasteiger partial charge >= 0.3 is 0 Å². The standard InChI is InChI=1S/C21H27N3O3/c1-27-19-13-18(22-17-8-3-2-7-16(17)19)20(25)24-12-6-9-21(26,15-24)14-23-10-4-5-11-23/h2-3,7-8,13,26H,4-6,9-12,14-15H2,1H3/t21-/m0/s1. The van der Waals surface area contributed by atoms with Gasteiger partial charge in [0.25, 0.3) is 5.91 Å². The highest BCUT2D eigenvalue weighted by molar-refractivity contribution is 5.97. The van der Waals surface area contributed by atoms with Crippen molar-refractivity contribution in [1.82, 2.24) is 14.8 Å². The van der Waals surface area contributed by atoms with Gasteiger partial charge in [-0.25, -0.2) is 4.98 Å². The van der Waals surface area contributed by atoms with Crippen LogP contribution in [0.5, 0.6) is 5.75 Å². The number of methoxy groups -OCH3 is 1. The molecule has 27 heavy (non-hydrogen) atoms. The van der Waals surface area contributed by atoms with E-state index in [-0.39, 0.29) is 5.91 Å². The Balaban J connectivity index is 1.55. The number of nitrogens with zero attached hydrogens (tertiary/aromatic N) is 3. The number of amides is 1. The van der Waals surface area contributed by atoms with E-state index in [1.54, 1.807) is 18.1 Å². The third-order valence-corrected chi connectivity index (χ3v) is 5.68. The van der Waals surface area contributed by atoms with Crippen LogP contribution >= 0.6 is 0 Å². The molecule has 2 saturated heterocycles. The van der Waals surface area contributed by atoms with E-state index in [0.29, 0.717) is 31.1 Å². The minimum Gasteiger partial charge on any atom is -0.496 e. The maximum atomic E-state index is 13.1. The van der Waals surface area contributed by atoms with Crippen molar-refractivity contribution in [3.63, 3.8) is 0 Å². The topological polar surface area (TPSA) is 65.9 Å². The number of rotatable bonds is 4. The number of pyridine rings is 1. The van der Waals surface area contributed by atoms with E-state index in [1.165, 1.54) is 12.8 Å². The summed E-state index contributed by atoms with van der Waals surface area (Å²) >= 11 is 0. The first-order valence-corrected chi connectivity index (χ1v) is 9.76. The number of likely N-dealkylation sites (tertiary alicyclic amines) is 2. The summed E-state index contributed by atoms with van der Waals surface area (Å²) in [4.78, 5) is 21.7. The second-order valence-corrected chi connectivity index (χ2v) is 7.76. The molecule has 1 N–H and O–H groups in total. The summed E-state index contributed by atoms with van der Waals surface area (Å²) in [5, 5.41) is 12.0. The van der Waals surface area contributed by atoms with E-state index in [4.69, 9.17) is 4.74 Å². The maximum absolute atomic E-state index is 13.1. The Morgan fingerprint density at radius 3 is 2.78 bits per heavy atom. The molecule has 144 valence electrons. The van der Waals surface area contributed by atoms with Crippen LogP contribution in [0.1, 0.15) is 36.2 Å². The first-order valence-electron chi connectivity index (χ1n) is 9.76. The molecule has 3 heterocycles. The van der Waals surface area contributed by atoms with Gasteiger partial charge in [0.15, 0.2) is 0 Å². The molecule has 4 rings (SSSR count). The maximum Gasteiger partial charge on any atom is 0.272 e. The fourth-order valence-electron chi connectivity index (χ4n) is 4.36. The zero-order chi connectivity index (χ0) is 18.9. The molecule has 0 radical (unpaired) electrons. The Hall–Kier alpha value is -2.18. The van der Waals surface area contributed by atoms with Gasteiger partial charge < -0.3 is 19.6 Å². The minimum atomic E-state index is -0.834. The largest absolute Gasteiger partial charge is 0.496 e. The molecule has 2 fully saturated rings. The van der Waals surface area contributed by atoms with Gasteiger partial charge in [0.1, 0.15) is 11.4 Å². The number of aromatic nitrogens is 1. The van der Waals surface area contributed by atoms with E-state index >= 15 is 0 Å². The monoisotopic (exact) mass is 369 g/mol. The zero-order valence-electron chi connectivity index (χ0n) is 15.9. The summed E-state index contributed by atoms with van der Waals surface area (Å²) in [5.74, 6) is 0.506. The number of benzene rings is 1. The highest BCUT2D eigenvalue weighted by atomic mass is 16.5. The number of ether oxygens (including phenoxy) is 1. The molecule has 1 aromatic heterocycles. The van der Waals surface area contributed by atoms with Gasteiger partial charge in [-0.1, -0.05) is 12.1 Å². The number of aliphatic hydroxyl groups is 1. The number of hydrogen-bond acceptors (Lipinski definition) is 5. The van der Waals surface area contributed by atoms with Crippen LogP contribution in [0, 0.1) is 0 Å². The van der Waals surface area contributed by atoms with Gasteiger partial charge in [-0.3, -0.25) is 4.79 Å². The minimum absolute atomic E-state index is 0.140. The van der Waals surface area contributed by atoms with Crippen LogP contribution in [0.15, 0.2) is 30.3 Å². The number of carbonyl (C=O) groups excluding carboxylic acids is 1. The first-order chi connectivity index (χ1) is 13.1. The fourth-order valence-corrected chi connectivity index (χ4v) is 4.36. The molecule has 0 saturated carbocycles. The number of β-amino-alcohol motifs (C(OH)–C–C–N with tert-alkyl or cyclic N) is 1. The summed E-state index contributed by atoms with van der Waals surface area (Å²) in [6.07, 6.45) is 3.93. The van der Waals surface area contributed by atoms with E-state index in [0.717, 1.165) is 36.8 Å². The van der Waals surface area contributed by atoms with Gasteiger partial charge in [0.05, 0.1) is 24.8 Å². The summed E-state index contributed by atoms with van der Waals surface area (Å²) in [6, 6.07) is 9.36. The molecule has 0 aliphatic carbocycles. The molecule has 2 aliphatic rings. The molecule has 0 bridgehead atoms. The van der Waals surface area contributed by atoms with Crippen LogP contribution in [0.25, 0.3) is 10.9 Å². The van der Waals surface area contributed by atoms with Gasteiger partial charge in [0.2, 0.25) is 0 Å². The average molecular weight is 369 g/mol. The molecular weight excluding hydrogens is 342 g/mol. The van der Waals surface area contributed by atoms with Crippen molar-refractivity contribution in [1.29, 1.82) is 0 Å². The van der Waals surface area contributed by atoms with Crippen LogP contribution in [0.3, 0.4) is 0 Å². The summed E-state index contributed by atoms with van der Waals surface area (Å²) in [6.45, 7) is 3.74. The molecular formula is C21H27N3O3. The van der Waals surface area contributed by atoms with Crippen molar-refractivity contribution < 1.29 is 14.6 Å². The number of para-hydroxylation sites is 1. The van der Waals surface area contributed by atoms with Crippen LogP contribution < -0.4 is 4.74 Å². The van der Waals surface area contributed by atoms with Crippen molar-refractivity contribution in [2.45, 2.75) is 31.3 Å². The normalized spacial score (nSPS) is 23.7. The fraction of sp³-hybridized carbons (Fsp3) is 0.524. The number of hydrogen-bond donors (Lipinski definition) is 1. The molecule has 1 atom stereocenters. The zero-order valence-corrected chi connectivity index (χ0v) is 15.9. The van der Waals surface area contributed by atoms with Crippen molar-refractivity contribution in [2.75, 3.05) is 39.8 Å². The van der Waals surface area contributed by atoms with Gasteiger partial charge in [-0.15, -0.1) is 0 Å². The number of fused-ring (bicyclic) bond motifs is 1. The van der Waals surface area contributed by atoms with Crippen molar-refractivity contribution in [3.05, 3.63) is 36.0 Å². The predicted molar refractivity (Wildman–Crippen MR) is 104 cm³/mol. The Bertz CT molecular complexity index is 835. The molecule has 1 aromatic carbocycles. The molecule has 2 aromatic rings. The van der Waals surface area contributed by atoms with Crippen molar-refractivity contribution in [2.24, 2.45) is 0 Å². The third-order valence-electron chi connectivity index (χ3n) is 5.68. The predicted octanol–water partition coefficient (Wildman–Crippen LogP) is 2.31. The quantitative estimate of drug-likeness (QED) is 0.896. The highest BCUT2D eigenvalue weighted by Crippen LogP contribution is 2.28. The van der Waals surface area contributed by atoms with Gasteiger partial charge in [-0.2, -0.15) is 0 Å². The van der Waals surface area contributed by atoms with Crippen LogP contribution in [-0.4, -0.2) is 71.2 Å². The lowest BCUT2D eigenvalue weighted by Crippen LogP contribution is -2.55. The number of piperidine rings is 1. The Morgan fingerprint density at radius 2 is 2.00 bits per heavy atom. The second kappa shape index (κ2) is 7.44. The lowest BCUT2D eigenvalue weighted by Gasteiger charge is -2.41. The SMILES string of the molecule is COc1cc(C(=O)N2CCC[C@](O)(CN3CCCC3)C2)nc2ccccc12. The van der Waals surface area contributed by atoms with E-state index in [9.17, 15) is 9.90 Å². The smallest absolute Gasteiger partial charge is 0.272 e. The summed E-state index contributed by atoms with van der Waals surface area (Å²) < 4.78 is 5.47. The third kappa shape index (κ3) is 3.77. The second-order valence-electron chi connectivity index (χ2n) is 7.76. The lowest BCUT2D eigenvalue weighted by molar-refractivity contribution is -0.0432.